The first-order chi connectivity index (χ1) is 12.9. The van der Waals surface area contributed by atoms with Crippen molar-refractivity contribution in [1.82, 2.24) is 0 Å². The van der Waals surface area contributed by atoms with Crippen molar-refractivity contribution in [3.8, 4) is 11.5 Å². The Morgan fingerprint density at radius 1 is 1.11 bits per heavy atom. The summed E-state index contributed by atoms with van der Waals surface area (Å²) in [5.41, 5.74) is 0.896. The minimum absolute atomic E-state index is 0.0160. The summed E-state index contributed by atoms with van der Waals surface area (Å²) in [4.78, 5) is 23.5. The third-order valence-corrected chi connectivity index (χ3v) is 3.74. The van der Waals surface area contributed by atoms with Gasteiger partial charge in [-0.1, -0.05) is 12.1 Å². The van der Waals surface area contributed by atoms with Crippen LogP contribution in [-0.2, 0) is 6.61 Å². The summed E-state index contributed by atoms with van der Waals surface area (Å²) < 4.78 is 11.1. The summed E-state index contributed by atoms with van der Waals surface area (Å²) in [6.07, 6.45) is 0. The van der Waals surface area contributed by atoms with Gasteiger partial charge in [-0.05, 0) is 55.0 Å². The van der Waals surface area contributed by atoms with Crippen LogP contribution in [0.5, 0.6) is 11.5 Å². The van der Waals surface area contributed by atoms with Gasteiger partial charge in [-0.3, -0.25) is 4.79 Å². The van der Waals surface area contributed by atoms with Crippen LogP contribution in [0.2, 0.25) is 0 Å². The molecule has 0 aliphatic heterocycles. The zero-order valence-electron chi connectivity index (χ0n) is 14.4. The molecule has 27 heavy (non-hydrogen) atoms. The molecule has 0 aliphatic rings. The number of carbonyl (C=O) groups excluding carboxylic acids is 1. The molecule has 3 aromatic rings. The molecule has 7 nitrogen and oxygen atoms in total. The third-order valence-electron chi connectivity index (χ3n) is 3.74. The first kappa shape index (κ1) is 18.1. The summed E-state index contributed by atoms with van der Waals surface area (Å²) in [6, 6.07) is 14.3. The van der Waals surface area contributed by atoms with E-state index in [1.165, 1.54) is 18.2 Å². The molecule has 3 N–H and O–H groups in total. The summed E-state index contributed by atoms with van der Waals surface area (Å²) in [5, 5.41) is 21.0. The van der Waals surface area contributed by atoms with Crippen LogP contribution in [0.1, 0.15) is 32.2 Å². The molecule has 0 atom stereocenters. The minimum atomic E-state index is -1.27. The number of nitrogens with one attached hydrogen (secondary N) is 1. The van der Waals surface area contributed by atoms with Gasteiger partial charge in [-0.2, -0.15) is 0 Å². The Bertz CT molecular complexity index is 992. The zero-order chi connectivity index (χ0) is 19.4. The average Bonchev–Trinajstić information content (AvgIpc) is 3.10. The average molecular weight is 367 g/mol. The van der Waals surface area contributed by atoms with E-state index >= 15 is 0 Å². The van der Waals surface area contributed by atoms with Crippen LogP contribution in [-0.4, -0.2) is 22.1 Å². The van der Waals surface area contributed by atoms with Crippen molar-refractivity contribution < 1.29 is 29.0 Å². The molecular formula is C20H17NO6. The molecule has 0 saturated carbocycles. The van der Waals surface area contributed by atoms with Gasteiger partial charge in [0, 0.05) is 0 Å². The standard InChI is InChI=1S/C20H17NO6/c1-12-3-2-4-14(9-12)26-11-15-6-8-18(27-15)19(23)21-17-7-5-13(22)10-16(17)20(24)25/h2-10,22H,11H2,1H3,(H,21,23)(H,24,25). The smallest absolute Gasteiger partial charge is 0.337 e. The predicted octanol–water partition coefficient (Wildman–Crippen LogP) is 3.82. The van der Waals surface area contributed by atoms with Crippen LogP contribution >= 0.6 is 0 Å². The highest BCUT2D eigenvalue weighted by Gasteiger charge is 2.17. The van der Waals surface area contributed by atoms with Crippen LogP contribution < -0.4 is 10.1 Å². The summed E-state index contributed by atoms with van der Waals surface area (Å²) in [6.45, 7) is 2.10. The third kappa shape index (κ3) is 4.46. The van der Waals surface area contributed by atoms with E-state index in [4.69, 9.17) is 9.15 Å². The highest BCUT2D eigenvalue weighted by Crippen LogP contribution is 2.22. The number of amides is 1. The fraction of sp³-hybridized carbons (Fsp3) is 0.100. The normalized spacial score (nSPS) is 10.4. The van der Waals surface area contributed by atoms with Crippen molar-refractivity contribution in [2.24, 2.45) is 0 Å². The number of carboxylic acid groups (broad SMARTS) is 1. The largest absolute Gasteiger partial charge is 0.508 e. The number of carbonyl (C=O) groups is 2. The molecule has 0 bridgehead atoms. The van der Waals surface area contributed by atoms with Gasteiger partial charge in [0.15, 0.2) is 5.76 Å². The number of benzene rings is 2. The van der Waals surface area contributed by atoms with Gasteiger partial charge < -0.3 is 24.7 Å². The van der Waals surface area contributed by atoms with Gasteiger partial charge in [0.05, 0.1) is 11.3 Å². The molecule has 0 unspecified atom stereocenters. The highest BCUT2D eigenvalue weighted by molar-refractivity contribution is 6.06. The number of ether oxygens (including phenoxy) is 1. The second-order valence-corrected chi connectivity index (χ2v) is 5.86. The van der Waals surface area contributed by atoms with E-state index in [1.807, 2.05) is 31.2 Å². The van der Waals surface area contributed by atoms with Crippen LogP contribution in [0, 0.1) is 6.92 Å². The molecule has 138 valence electrons. The highest BCUT2D eigenvalue weighted by atomic mass is 16.5. The van der Waals surface area contributed by atoms with Crippen molar-refractivity contribution in [2.75, 3.05) is 5.32 Å². The van der Waals surface area contributed by atoms with E-state index < -0.39 is 11.9 Å². The Kier molecular flexibility index (Phi) is 5.12. The maximum absolute atomic E-state index is 12.3. The fourth-order valence-electron chi connectivity index (χ4n) is 2.44. The second kappa shape index (κ2) is 7.65. The molecule has 0 radical (unpaired) electrons. The Balaban J connectivity index is 1.68. The molecule has 0 spiro atoms. The molecule has 1 heterocycles. The predicted molar refractivity (Wildman–Crippen MR) is 97.2 cm³/mol. The topological polar surface area (TPSA) is 109 Å². The second-order valence-electron chi connectivity index (χ2n) is 5.86. The van der Waals surface area contributed by atoms with E-state index in [9.17, 15) is 19.8 Å². The minimum Gasteiger partial charge on any atom is -0.508 e. The molecule has 7 heteroatoms. The van der Waals surface area contributed by atoms with E-state index in [0.29, 0.717) is 11.5 Å². The Labute approximate surface area is 154 Å². The van der Waals surface area contributed by atoms with Crippen LogP contribution in [0.4, 0.5) is 5.69 Å². The van der Waals surface area contributed by atoms with Crippen molar-refractivity contribution in [3.05, 3.63) is 77.2 Å². The quantitative estimate of drug-likeness (QED) is 0.572. The SMILES string of the molecule is Cc1cccc(OCc2ccc(C(=O)Nc3ccc(O)cc3C(=O)O)o2)c1. The number of carboxylic acids is 1. The first-order valence-corrected chi connectivity index (χ1v) is 8.08. The number of hydrogen-bond acceptors (Lipinski definition) is 5. The molecule has 0 aliphatic carbocycles. The number of phenolic OH excluding ortho intramolecular Hbond substituents is 1. The van der Waals surface area contributed by atoms with Crippen molar-refractivity contribution in [3.63, 3.8) is 0 Å². The fourth-order valence-corrected chi connectivity index (χ4v) is 2.44. The van der Waals surface area contributed by atoms with Gasteiger partial charge in [-0.25, -0.2) is 4.79 Å². The molecule has 0 fully saturated rings. The number of furan rings is 1. The molecule has 1 aromatic heterocycles. The number of rotatable bonds is 6. The Morgan fingerprint density at radius 3 is 2.67 bits per heavy atom. The van der Waals surface area contributed by atoms with Crippen molar-refractivity contribution in [2.45, 2.75) is 13.5 Å². The first-order valence-electron chi connectivity index (χ1n) is 8.08. The maximum Gasteiger partial charge on any atom is 0.337 e. The molecular weight excluding hydrogens is 350 g/mol. The lowest BCUT2D eigenvalue weighted by Gasteiger charge is -2.08. The van der Waals surface area contributed by atoms with Crippen LogP contribution in [0.3, 0.4) is 0 Å². The molecule has 0 saturated heterocycles. The number of aromatic hydroxyl groups is 1. The Hall–Kier alpha value is -3.74. The van der Waals surface area contributed by atoms with E-state index in [0.717, 1.165) is 11.6 Å². The lowest BCUT2D eigenvalue weighted by molar-refractivity contribution is 0.0697. The molecule has 1 amide bonds. The van der Waals surface area contributed by atoms with Crippen LogP contribution in [0.15, 0.2) is 59.0 Å². The van der Waals surface area contributed by atoms with Gasteiger partial charge >= 0.3 is 5.97 Å². The van der Waals surface area contributed by atoms with E-state index in [1.54, 1.807) is 6.07 Å². The number of hydrogen-bond donors (Lipinski definition) is 3. The molecule has 2 aromatic carbocycles. The van der Waals surface area contributed by atoms with Gasteiger partial charge in [0.2, 0.25) is 0 Å². The van der Waals surface area contributed by atoms with Gasteiger partial charge in [-0.15, -0.1) is 0 Å². The lowest BCUT2D eigenvalue weighted by Crippen LogP contribution is -2.14. The summed E-state index contributed by atoms with van der Waals surface area (Å²) in [7, 11) is 0. The van der Waals surface area contributed by atoms with E-state index in [2.05, 4.69) is 5.32 Å². The van der Waals surface area contributed by atoms with Crippen molar-refractivity contribution in [1.29, 1.82) is 0 Å². The number of anilines is 1. The number of phenols is 1. The van der Waals surface area contributed by atoms with E-state index in [-0.39, 0.29) is 29.4 Å². The van der Waals surface area contributed by atoms with Crippen molar-refractivity contribution >= 4 is 17.6 Å². The zero-order valence-corrected chi connectivity index (χ0v) is 14.4. The number of aryl methyl sites for hydroxylation is 1. The number of aromatic carboxylic acids is 1. The lowest BCUT2D eigenvalue weighted by atomic mass is 10.1. The van der Waals surface area contributed by atoms with Crippen LogP contribution in [0.25, 0.3) is 0 Å². The Morgan fingerprint density at radius 2 is 1.93 bits per heavy atom. The van der Waals surface area contributed by atoms with Gasteiger partial charge in [0.1, 0.15) is 23.9 Å². The molecule has 3 rings (SSSR count). The monoisotopic (exact) mass is 367 g/mol. The summed E-state index contributed by atoms with van der Waals surface area (Å²) >= 11 is 0. The summed E-state index contributed by atoms with van der Waals surface area (Å²) in [5.74, 6) is -0.933. The van der Waals surface area contributed by atoms with Gasteiger partial charge in [0.25, 0.3) is 5.91 Å². The maximum atomic E-state index is 12.3.